The van der Waals surface area contributed by atoms with Gasteiger partial charge in [0.2, 0.25) is 0 Å². The molecule has 2 aromatic rings. The predicted molar refractivity (Wildman–Crippen MR) is 85.3 cm³/mol. The van der Waals surface area contributed by atoms with Crippen LogP contribution < -0.4 is 5.32 Å². The molecule has 0 bridgehead atoms. The lowest BCUT2D eigenvalue weighted by Crippen LogP contribution is -2.08. The van der Waals surface area contributed by atoms with Gasteiger partial charge in [0.1, 0.15) is 5.82 Å². The maximum atomic E-state index is 13.8. The monoisotopic (exact) mass is 419 g/mol. The van der Waals surface area contributed by atoms with Crippen LogP contribution >= 0.6 is 38.5 Å². The number of anilines is 1. The van der Waals surface area contributed by atoms with Crippen molar-refractivity contribution in [2.75, 3.05) is 5.32 Å². The van der Waals surface area contributed by atoms with Gasteiger partial charge in [0, 0.05) is 19.3 Å². The number of rotatable bonds is 3. The van der Waals surface area contributed by atoms with Crippen LogP contribution in [0.2, 0.25) is 0 Å². The van der Waals surface area contributed by atoms with Crippen molar-refractivity contribution in [2.24, 2.45) is 0 Å². The minimum absolute atomic E-state index is 0.0711. The van der Waals surface area contributed by atoms with Crippen molar-refractivity contribution in [2.45, 2.75) is 13.0 Å². The Balaban J connectivity index is 2.16. The summed E-state index contributed by atoms with van der Waals surface area (Å²) in [5.74, 6) is -0.199. The molecular weight excluding hydrogens is 408 g/mol. The maximum Gasteiger partial charge on any atom is 0.129 e. The highest BCUT2D eigenvalue weighted by Gasteiger charge is 2.10. The molecule has 94 valence electrons. The van der Waals surface area contributed by atoms with Crippen LogP contribution in [-0.4, -0.2) is 0 Å². The Bertz CT molecular complexity index is 542. The SMILES string of the molecule is CC(Nc1ccc(I)cc1)c1ccc(Br)cc1F. The third-order valence-corrected chi connectivity index (χ3v) is 3.87. The average molecular weight is 420 g/mol. The highest BCUT2D eigenvalue weighted by molar-refractivity contribution is 14.1. The van der Waals surface area contributed by atoms with Crippen LogP contribution in [0.3, 0.4) is 0 Å². The molecule has 0 aliphatic heterocycles. The molecule has 18 heavy (non-hydrogen) atoms. The van der Waals surface area contributed by atoms with Crippen LogP contribution in [0.1, 0.15) is 18.5 Å². The van der Waals surface area contributed by atoms with Gasteiger partial charge in [-0.2, -0.15) is 0 Å². The van der Waals surface area contributed by atoms with E-state index in [4.69, 9.17) is 0 Å². The van der Waals surface area contributed by atoms with E-state index in [-0.39, 0.29) is 11.9 Å². The summed E-state index contributed by atoms with van der Waals surface area (Å²) in [7, 11) is 0. The van der Waals surface area contributed by atoms with E-state index in [1.807, 2.05) is 37.3 Å². The minimum Gasteiger partial charge on any atom is -0.378 e. The first-order valence-corrected chi connectivity index (χ1v) is 7.40. The molecule has 0 saturated carbocycles. The van der Waals surface area contributed by atoms with Crippen LogP contribution in [0.5, 0.6) is 0 Å². The van der Waals surface area contributed by atoms with E-state index in [1.54, 1.807) is 6.07 Å². The highest BCUT2D eigenvalue weighted by atomic mass is 127. The number of nitrogens with one attached hydrogen (secondary N) is 1. The summed E-state index contributed by atoms with van der Waals surface area (Å²) in [6, 6.07) is 13.1. The molecule has 0 aliphatic carbocycles. The average Bonchev–Trinajstić information content (AvgIpc) is 2.32. The van der Waals surface area contributed by atoms with Gasteiger partial charge in [0.15, 0.2) is 0 Å². The molecule has 1 unspecified atom stereocenters. The van der Waals surface area contributed by atoms with Crippen molar-refractivity contribution in [1.29, 1.82) is 0 Å². The molecule has 0 saturated heterocycles. The van der Waals surface area contributed by atoms with Crippen molar-refractivity contribution in [3.05, 3.63) is 61.9 Å². The van der Waals surface area contributed by atoms with Gasteiger partial charge < -0.3 is 5.32 Å². The fraction of sp³-hybridized carbons (Fsp3) is 0.143. The van der Waals surface area contributed by atoms with E-state index in [0.717, 1.165) is 10.2 Å². The number of hydrogen-bond donors (Lipinski definition) is 1. The second-order valence-electron chi connectivity index (χ2n) is 4.04. The van der Waals surface area contributed by atoms with Crippen LogP contribution in [0.4, 0.5) is 10.1 Å². The Morgan fingerprint density at radius 1 is 1.17 bits per heavy atom. The number of benzene rings is 2. The number of halogens is 3. The smallest absolute Gasteiger partial charge is 0.129 e. The van der Waals surface area contributed by atoms with Crippen molar-refractivity contribution >= 4 is 44.2 Å². The van der Waals surface area contributed by atoms with Gasteiger partial charge in [-0.25, -0.2) is 4.39 Å². The van der Waals surface area contributed by atoms with Gasteiger partial charge in [0.25, 0.3) is 0 Å². The van der Waals surface area contributed by atoms with Crippen LogP contribution in [0.15, 0.2) is 46.9 Å². The normalized spacial score (nSPS) is 12.2. The van der Waals surface area contributed by atoms with E-state index in [1.165, 1.54) is 9.64 Å². The third kappa shape index (κ3) is 3.45. The van der Waals surface area contributed by atoms with Crippen LogP contribution in [0, 0.1) is 9.39 Å². The molecule has 0 fully saturated rings. The van der Waals surface area contributed by atoms with Crippen molar-refractivity contribution in [3.8, 4) is 0 Å². The Kier molecular flexibility index (Phi) is 4.61. The summed E-state index contributed by atoms with van der Waals surface area (Å²) in [6.45, 7) is 1.95. The zero-order chi connectivity index (χ0) is 13.1. The summed E-state index contributed by atoms with van der Waals surface area (Å²) in [4.78, 5) is 0. The van der Waals surface area contributed by atoms with Crippen LogP contribution in [-0.2, 0) is 0 Å². The zero-order valence-electron chi connectivity index (χ0n) is 9.75. The molecule has 0 radical (unpaired) electrons. The highest BCUT2D eigenvalue weighted by Crippen LogP contribution is 2.24. The summed E-state index contributed by atoms with van der Waals surface area (Å²) in [5.41, 5.74) is 1.65. The Hall–Kier alpha value is -0.620. The molecule has 0 amide bonds. The van der Waals surface area contributed by atoms with E-state index in [0.29, 0.717) is 5.56 Å². The first-order chi connectivity index (χ1) is 8.56. The minimum atomic E-state index is -0.199. The number of hydrogen-bond acceptors (Lipinski definition) is 1. The molecule has 0 aliphatic rings. The first-order valence-electron chi connectivity index (χ1n) is 5.53. The van der Waals surface area contributed by atoms with E-state index >= 15 is 0 Å². The van der Waals surface area contributed by atoms with E-state index in [2.05, 4.69) is 43.8 Å². The lowest BCUT2D eigenvalue weighted by molar-refractivity contribution is 0.599. The van der Waals surface area contributed by atoms with E-state index in [9.17, 15) is 4.39 Å². The summed E-state index contributed by atoms with van der Waals surface area (Å²) < 4.78 is 15.7. The van der Waals surface area contributed by atoms with Gasteiger partial charge in [-0.05, 0) is 65.9 Å². The molecule has 2 rings (SSSR count). The predicted octanol–water partition coefficient (Wildman–Crippen LogP) is 5.37. The second-order valence-corrected chi connectivity index (χ2v) is 6.20. The fourth-order valence-corrected chi connectivity index (χ4v) is 2.42. The molecule has 2 aromatic carbocycles. The molecule has 1 atom stereocenters. The molecule has 0 spiro atoms. The standard InChI is InChI=1S/C14H12BrFIN/c1-9(13-7-2-10(15)8-14(13)16)18-12-5-3-11(17)4-6-12/h2-9,18H,1H3. The Labute approximate surface area is 128 Å². The topological polar surface area (TPSA) is 12.0 Å². The van der Waals surface area contributed by atoms with E-state index < -0.39 is 0 Å². The van der Waals surface area contributed by atoms with Gasteiger partial charge in [-0.3, -0.25) is 0 Å². The fourth-order valence-electron chi connectivity index (χ4n) is 1.73. The van der Waals surface area contributed by atoms with Gasteiger partial charge in [-0.1, -0.05) is 22.0 Å². The summed E-state index contributed by atoms with van der Waals surface area (Å²) >= 11 is 5.52. The Morgan fingerprint density at radius 2 is 1.83 bits per heavy atom. The van der Waals surface area contributed by atoms with Gasteiger partial charge in [-0.15, -0.1) is 0 Å². The molecule has 1 nitrogen and oxygen atoms in total. The lowest BCUT2D eigenvalue weighted by atomic mass is 10.1. The van der Waals surface area contributed by atoms with Gasteiger partial charge >= 0.3 is 0 Å². The second kappa shape index (κ2) is 6.02. The zero-order valence-corrected chi connectivity index (χ0v) is 13.5. The Morgan fingerprint density at radius 3 is 2.44 bits per heavy atom. The third-order valence-electron chi connectivity index (χ3n) is 2.66. The first kappa shape index (κ1) is 13.8. The van der Waals surface area contributed by atoms with Gasteiger partial charge in [0.05, 0.1) is 6.04 Å². The summed E-state index contributed by atoms with van der Waals surface area (Å²) in [5, 5.41) is 3.29. The molecular formula is C14H12BrFIN. The molecule has 0 aromatic heterocycles. The lowest BCUT2D eigenvalue weighted by Gasteiger charge is -2.16. The molecule has 1 N–H and O–H groups in total. The van der Waals surface area contributed by atoms with Crippen LogP contribution in [0.25, 0.3) is 0 Å². The van der Waals surface area contributed by atoms with Crippen molar-refractivity contribution in [3.63, 3.8) is 0 Å². The molecule has 4 heteroatoms. The summed E-state index contributed by atoms with van der Waals surface area (Å²) in [6.07, 6.45) is 0. The van der Waals surface area contributed by atoms with Crippen molar-refractivity contribution < 1.29 is 4.39 Å². The largest absolute Gasteiger partial charge is 0.378 e. The maximum absolute atomic E-state index is 13.8. The molecule has 0 heterocycles. The quantitative estimate of drug-likeness (QED) is 0.660. The van der Waals surface area contributed by atoms with Crippen molar-refractivity contribution in [1.82, 2.24) is 0 Å².